The van der Waals surface area contributed by atoms with Crippen LogP contribution >= 0.6 is 0 Å². The second kappa shape index (κ2) is 5.98. The maximum Gasteiger partial charge on any atom is 0.278 e. The molecule has 0 spiro atoms. The van der Waals surface area contributed by atoms with Crippen LogP contribution in [0.25, 0.3) is 0 Å². The second-order valence-corrected chi connectivity index (χ2v) is 4.03. The van der Waals surface area contributed by atoms with Crippen LogP contribution < -0.4 is 10.5 Å². The number of nitrogen functional groups attached to an aromatic ring is 1. The monoisotopic (exact) mass is 275 g/mol. The molecule has 2 aromatic rings. The highest BCUT2D eigenvalue weighted by Gasteiger charge is 2.11. The lowest BCUT2D eigenvalue weighted by Crippen LogP contribution is -1.97. The van der Waals surface area contributed by atoms with E-state index in [4.69, 9.17) is 15.2 Å². The fourth-order valence-corrected chi connectivity index (χ4v) is 1.66. The van der Waals surface area contributed by atoms with Crippen molar-refractivity contribution < 1.29 is 14.4 Å². The van der Waals surface area contributed by atoms with E-state index >= 15 is 0 Å². The third-order valence-corrected chi connectivity index (χ3v) is 2.45. The molecule has 7 nitrogen and oxygen atoms in total. The smallest absolute Gasteiger partial charge is 0.278 e. The van der Waals surface area contributed by atoms with Crippen LogP contribution in [0, 0.1) is 10.1 Å². The highest BCUT2D eigenvalue weighted by molar-refractivity contribution is 5.46. The first kappa shape index (κ1) is 13.8. The first-order valence-electron chi connectivity index (χ1n) is 5.76. The van der Waals surface area contributed by atoms with Crippen LogP contribution in [0.3, 0.4) is 0 Å². The maximum atomic E-state index is 10.7. The Labute approximate surface area is 115 Å². The molecule has 0 radical (unpaired) electrons. The van der Waals surface area contributed by atoms with Gasteiger partial charge in [0.2, 0.25) is 5.88 Å². The van der Waals surface area contributed by atoms with Gasteiger partial charge in [0.15, 0.2) is 0 Å². The largest absolute Gasteiger partial charge is 0.439 e. The molecule has 0 saturated heterocycles. The third kappa shape index (κ3) is 3.42. The Morgan fingerprint density at radius 1 is 1.35 bits per heavy atom. The third-order valence-electron chi connectivity index (χ3n) is 2.45. The molecule has 1 heterocycles. The summed E-state index contributed by atoms with van der Waals surface area (Å²) < 4.78 is 10.5. The highest BCUT2D eigenvalue weighted by Crippen LogP contribution is 2.25. The maximum absolute atomic E-state index is 10.7. The van der Waals surface area contributed by atoms with Crippen LogP contribution in [0.1, 0.15) is 5.56 Å². The van der Waals surface area contributed by atoms with Gasteiger partial charge in [-0.15, -0.1) is 0 Å². The van der Waals surface area contributed by atoms with Gasteiger partial charge in [-0.2, -0.15) is 4.98 Å². The fourth-order valence-electron chi connectivity index (χ4n) is 1.66. The number of rotatable bonds is 5. The molecule has 20 heavy (non-hydrogen) atoms. The Bertz CT molecular complexity index is 631. The van der Waals surface area contributed by atoms with Crippen LogP contribution in [0.15, 0.2) is 36.4 Å². The molecule has 104 valence electrons. The number of methoxy groups -OCH3 is 1. The molecule has 0 aliphatic carbocycles. The summed E-state index contributed by atoms with van der Waals surface area (Å²) in [5, 5.41) is 10.7. The zero-order chi connectivity index (χ0) is 14.5. The Kier molecular flexibility index (Phi) is 4.11. The topological polar surface area (TPSA) is 101 Å². The first-order chi connectivity index (χ1) is 9.58. The second-order valence-electron chi connectivity index (χ2n) is 4.03. The molecule has 0 aliphatic heterocycles. The summed E-state index contributed by atoms with van der Waals surface area (Å²) in [6, 6.07) is 9.56. The molecule has 0 saturated carbocycles. The van der Waals surface area contributed by atoms with Gasteiger partial charge in [0.05, 0.1) is 23.7 Å². The standard InChI is InChI=1S/C13H13N3O4/c1-19-8-9-3-2-4-11(5-9)20-13-7-10(16(17)18)6-12(14)15-13/h2-7H,8H2,1H3,(H2,14,15). The summed E-state index contributed by atoms with van der Waals surface area (Å²) in [6.07, 6.45) is 0. The quantitative estimate of drug-likeness (QED) is 0.664. The molecule has 0 bridgehead atoms. The lowest BCUT2D eigenvalue weighted by atomic mass is 10.2. The summed E-state index contributed by atoms with van der Waals surface area (Å²) in [4.78, 5) is 14.1. The van der Waals surface area contributed by atoms with Crippen LogP contribution in [-0.2, 0) is 11.3 Å². The first-order valence-corrected chi connectivity index (χ1v) is 5.76. The summed E-state index contributed by atoms with van der Waals surface area (Å²) in [5.41, 5.74) is 6.27. The van der Waals surface area contributed by atoms with Gasteiger partial charge in [0, 0.05) is 7.11 Å². The molecule has 2 rings (SSSR count). The van der Waals surface area contributed by atoms with E-state index < -0.39 is 4.92 Å². The zero-order valence-corrected chi connectivity index (χ0v) is 10.8. The van der Waals surface area contributed by atoms with Crippen LogP contribution in [0.5, 0.6) is 11.6 Å². The Hall–Kier alpha value is -2.67. The van der Waals surface area contributed by atoms with Crippen molar-refractivity contribution in [3.05, 3.63) is 52.1 Å². The predicted molar refractivity (Wildman–Crippen MR) is 72.5 cm³/mol. The summed E-state index contributed by atoms with van der Waals surface area (Å²) >= 11 is 0. The number of nitrogens with zero attached hydrogens (tertiary/aromatic N) is 2. The molecule has 1 aromatic heterocycles. The van der Waals surface area contributed by atoms with Gasteiger partial charge in [-0.3, -0.25) is 10.1 Å². The van der Waals surface area contributed by atoms with Crippen LogP contribution in [-0.4, -0.2) is 17.0 Å². The zero-order valence-electron chi connectivity index (χ0n) is 10.8. The van der Waals surface area contributed by atoms with E-state index in [9.17, 15) is 10.1 Å². The number of benzene rings is 1. The SMILES string of the molecule is COCc1cccc(Oc2cc([N+](=O)[O-])cc(N)n2)c1. The average molecular weight is 275 g/mol. The molecule has 7 heteroatoms. The molecule has 0 fully saturated rings. The van der Waals surface area contributed by atoms with Crippen molar-refractivity contribution in [3.63, 3.8) is 0 Å². The molecular weight excluding hydrogens is 262 g/mol. The van der Waals surface area contributed by atoms with Crippen molar-refractivity contribution >= 4 is 11.5 Å². The average Bonchev–Trinajstić information content (AvgIpc) is 2.38. The number of nitrogens with two attached hydrogens (primary N) is 1. The van der Waals surface area contributed by atoms with E-state index in [2.05, 4.69) is 4.98 Å². The molecule has 0 aliphatic rings. The number of hydrogen-bond acceptors (Lipinski definition) is 6. The number of aromatic nitrogens is 1. The van der Waals surface area contributed by atoms with E-state index in [0.717, 1.165) is 5.56 Å². The van der Waals surface area contributed by atoms with Crippen LogP contribution in [0.2, 0.25) is 0 Å². The number of pyridine rings is 1. The lowest BCUT2D eigenvalue weighted by molar-refractivity contribution is -0.384. The number of hydrogen-bond donors (Lipinski definition) is 1. The van der Waals surface area contributed by atoms with Gasteiger partial charge in [0.25, 0.3) is 5.69 Å². The van der Waals surface area contributed by atoms with Gasteiger partial charge in [-0.1, -0.05) is 12.1 Å². The van der Waals surface area contributed by atoms with Crippen molar-refractivity contribution in [2.75, 3.05) is 12.8 Å². The van der Waals surface area contributed by atoms with E-state index in [0.29, 0.717) is 12.4 Å². The fraction of sp³-hybridized carbons (Fsp3) is 0.154. The normalized spacial score (nSPS) is 10.2. The van der Waals surface area contributed by atoms with Crippen molar-refractivity contribution in [2.45, 2.75) is 6.61 Å². The highest BCUT2D eigenvalue weighted by atomic mass is 16.6. The van der Waals surface area contributed by atoms with E-state index in [1.165, 1.54) is 12.1 Å². The van der Waals surface area contributed by atoms with Gasteiger partial charge in [-0.25, -0.2) is 0 Å². The minimum atomic E-state index is -0.549. The molecule has 0 atom stereocenters. The molecular formula is C13H13N3O4. The molecule has 2 N–H and O–H groups in total. The van der Waals surface area contributed by atoms with Gasteiger partial charge in [-0.05, 0) is 17.7 Å². The van der Waals surface area contributed by atoms with Crippen molar-refractivity contribution in [1.82, 2.24) is 4.98 Å². The molecule has 0 unspecified atom stereocenters. The summed E-state index contributed by atoms with van der Waals surface area (Å²) in [5.74, 6) is 0.612. The van der Waals surface area contributed by atoms with Gasteiger partial charge >= 0.3 is 0 Å². The van der Waals surface area contributed by atoms with E-state index in [1.54, 1.807) is 25.3 Å². The number of ether oxygens (including phenoxy) is 2. The Morgan fingerprint density at radius 2 is 2.15 bits per heavy atom. The van der Waals surface area contributed by atoms with E-state index in [1.807, 2.05) is 6.07 Å². The molecule has 0 amide bonds. The van der Waals surface area contributed by atoms with Gasteiger partial charge < -0.3 is 15.2 Å². The summed E-state index contributed by atoms with van der Waals surface area (Å²) in [6.45, 7) is 0.446. The Balaban J connectivity index is 2.25. The number of anilines is 1. The van der Waals surface area contributed by atoms with E-state index in [-0.39, 0.29) is 17.4 Å². The summed E-state index contributed by atoms with van der Waals surface area (Å²) in [7, 11) is 1.59. The minimum Gasteiger partial charge on any atom is -0.439 e. The van der Waals surface area contributed by atoms with Crippen molar-refractivity contribution in [3.8, 4) is 11.6 Å². The predicted octanol–water partition coefficient (Wildman–Crippen LogP) is 2.51. The van der Waals surface area contributed by atoms with Crippen molar-refractivity contribution in [2.24, 2.45) is 0 Å². The van der Waals surface area contributed by atoms with Crippen LogP contribution in [0.4, 0.5) is 11.5 Å². The van der Waals surface area contributed by atoms with Gasteiger partial charge in [0.1, 0.15) is 11.6 Å². The minimum absolute atomic E-state index is 0.0299. The Morgan fingerprint density at radius 3 is 2.85 bits per heavy atom. The van der Waals surface area contributed by atoms with Crippen molar-refractivity contribution in [1.29, 1.82) is 0 Å². The number of nitro groups is 1. The molecule has 1 aromatic carbocycles. The lowest BCUT2D eigenvalue weighted by Gasteiger charge is -2.07.